The second-order valence-electron chi connectivity index (χ2n) is 5.95. The van der Waals surface area contributed by atoms with E-state index in [-0.39, 0.29) is 5.56 Å². The van der Waals surface area contributed by atoms with Crippen LogP contribution in [-0.2, 0) is 5.75 Å². The summed E-state index contributed by atoms with van der Waals surface area (Å²) in [4.78, 5) is 17.1. The molecule has 0 aliphatic carbocycles. The second-order valence-corrected chi connectivity index (χ2v) is 7.32. The molecule has 3 aromatic rings. The van der Waals surface area contributed by atoms with Crippen molar-refractivity contribution in [3.63, 3.8) is 0 Å². The molecular formula is C20H19ClN2O2S. The fourth-order valence-corrected chi connectivity index (χ4v) is 3.82. The zero-order chi connectivity index (χ0) is 18.7. The average molecular weight is 387 g/mol. The summed E-state index contributed by atoms with van der Waals surface area (Å²) in [6.45, 7) is 4.14. The lowest BCUT2D eigenvalue weighted by Crippen LogP contribution is -2.20. The van der Waals surface area contributed by atoms with E-state index in [1.165, 1.54) is 28.5 Å². The summed E-state index contributed by atoms with van der Waals surface area (Å²) in [7, 11) is 1.56. The molecule has 0 aliphatic heterocycles. The monoisotopic (exact) mass is 386 g/mol. The molecule has 0 spiro atoms. The van der Waals surface area contributed by atoms with Gasteiger partial charge in [-0.2, -0.15) is 0 Å². The first-order valence-corrected chi connectivity index (χ1v) is 9.46. The molecule has 3 rings (SSSR count). The summed E-state index contributed by atoms with van der Waals surface area (Å²) in [5.41, 5.74) is 4.14. The Morgan fingerprint density at radius 3 is 2.73 bits per heavy atom. The van der Waals surface area contributed by atoms with Crippen LogP contribution in [0.2, 0.25) is 5.02 Å². The predicted octanol–water partition coefficient (Wildman–Crippen LogP) is 4.80. The van der Waals surface area contributed by atoms with Gasteiger partial charge in [0.05, 0.1) is 17.8 Å². The van der Waals surface area contributed by atoms with Crippen LogP contribution >= 0.6 is 23.4 Å². The first kappa shape index (κ1) is 18.5. The van der Waals surface area contributed by atoms with Crippen molar-refractivity contribution < 1.29 is 4.74 Å². The van der Waals surface area contributed by atoms with E-state index >= 15 is 0 Å². The minimum atomic E-state index is -0.163. The van der Waals surface area contributed by atoms with Crippen molar-refractivity contribution in [2.24, 2.45) is 0 Å². The molecule has 4 nitrogen and oxygen atoms in total. The number of halogens is 1. The van der Waals surface area contributed by atoms with Crippen LogP contribution < -0.4 is 10.3 Å². The van der Waals surface area contributed by atoms with Crippen molar-refractivity contribution in [2.45, 2.75) is 24.6 Å². The van der Waals surface area contributed by atoms with Crippen LogP contribution in [0, 0.1) is 13.8 Å². The van der Waals surface area contributed by atoms with E-state index in [0.717, 1.165) is 0 Å². The average Bonchev–Trinajstić information content (AvgIpc) is 2.63. The van der Waals surface area contributed by atoms with Gasteiger partial charge in [-0.3, -0.25) is 9.36 Å². The van der Waals surface area contributed by atoms with Gasteiger partial charge in [0.15, 0.2) is 5.03 Å². The largest absolute Gasteiger partial charge is 0.495 e. The SMILES string of the molecule is COc1ccc(-n2ccnc(SCc3cc(C)ccc3C)c2=O)cc1Cl. The molecule has 0 saturated heterocycles. The summed E-state index contributed by atoms with van der Waals surface area (Å²) >= 11 is 7.63. The Morgan fingerprint density at radius 1 is 1.19 bits per heavy atom. The van der Waals surface area contributed by atoms with Crippen LogP contribution in [-0.4, -0.2) is 16.7 Å². The molecule has 0 saturated carbocycles. The van der Waals surface area contributed by atoms with Crippen LogP contribution in [0.25, 0.3) is 5.69 Å². The van der Waals surface area contributed by atoms with Crippen molar-refractivity contribution in [3.05, 3.63) is 80.9 Å². The van der Waals surface area contributed by atoms with Gasteiger partial charge in [0, 0.05) is 18.1 Å². The van der Waals surface area contributed by atoms with E-state index in [0.29, 0.717) is 27.2 Å². The third-order valence-electron chi connectivity index (χ3n) is 4.09. The summed E-state index contributed by atoms with van der Waals surface area (Å²) in [5.74, 6) is 1.27. The lowest BCUT2D eigenvalue weighted by atomic mass is 10.1. The Kier molecular flexibility index (Phi) is 5.69. The highest BCUT2D eigenvalue weighted by molar-refractivity contribution is 7.98. The van der Waals surface area contributed by atoms with E-state index in [1.807, 2.05) is 0 Å². The maximum atomic E-state index is 12.8. The molecule has 0 fully saturated rings. The van der Waals surface area contributed by atoms with Crippen molar-refractivity contribution in [1.82, 2.24) is 9.55 Å². The maximum Gasteiger partial charge on any atom is 0.287 e. The standard InChI is InChI=1S/C20H19ClN2O2S/c1-13-4-5-14(2)15(10-13)12-26-19-20(24)23(9-8-22-19)16-6-7-18(25-3)17(21)11-16/h4-11H,12H2,1-3H3. The number of hydrogen-bond donors (Lipinski definition) is 0. The lowest BCUT2D eigenvalue weighted by molar-refractivity contribution is 0.415. The molecule has 1 aromatic heterocycles. The highest BCUT2D eigenvalue weighted by Gasteiger charge is 2.10. The van der Waals surface area contributed by atoms with E-state index in [9.17, 15) is 4.79 Å². The minimum absolute atomic E-state index is 0.163. The van der Waals surface area contributed by atoms with Gasteiger partial charge in [0.1, 0.15) is 5.75 Å². The number of hydrogen-bond acceptors (Lipinski definition) is 4. The molecule has 1 heterocycles. The summed E-state index contributed by atoms with van der Waals surface area (Å²) in [6, 6.07) is 11.6. The number of nitrogens with zero attached hydrogens (tertiary/aromatic N) is 2. The number of methoxy groups -OCH3 is 1. The summed E-state index contributed by atoms with van der Waals surface area (Å²) < 4.78 is 6.71. The van der Waals surface area contributed by atoms with E-state index < -0.39 is 0 Å². The Morgan fingerprint density at radius 2 is 2.00 bits per heavy atom. The zero-order valence-corrected chi connectivity index (χ0v) is 16.4. The van der Waals surface area contributed by atoms with Crippen molar-refractivity contribution >= 4 is 23.4 Å². The van der Waals surface area contributed by atoms with Crippen molar-refractivity contribution in [2.75, 3.05) is 7.11 Å². The molecule has 0 amide bonds. The van der Waals surface area contributed by atoms with E-state index in [2.05, 4.69) is 37.0 Å². The van der Waals surface area contributed by atoms with Gasteiger partial charge in [-0.25, -0.2) is 4.98 Å². The normalized spacial score (nSPS) is 10.8. The first-order valence-electron chi connectivity index (χ1n) is 8.10. The van der Waals surface area contributed by atoms with Crippen LogP contribution in [0.4, 0.5) is 0 Å². The Bertz CT molecular complexity index is 1000. The van der Waals surface area contributed by atoms with Crippen molar-refractivity contribution in [1.29, 1.82) is 0 Å². The number of aryl methyl sites for hydroxylation is 2. The van der Waals surface area contributed by atoms with Gasteiger partial charge >= 0.3 is 0 Å². The Hall–Kier alpha value is -2.24. The van der Waals surface area contributed by atoms with Gasteiger partial charge in [0.25, 0.3) is 5.56 Å². The van der Waals surface area contributed by atoms with Crippen LogP contribution in [0.15, 0.2) is 58.6 Å². The Labute approximate surface area is 161 Å². The van der Waals surface area contributed by atoms with Gasteiger partial charge in [0.2, 0.25) is 0 Å². The molecule has 0 bridgehead atoms. The smallest absolute Gasteiger partial charge is 0.287 e. The molecule has 0 N–H and O–H groups in total. The van der Waals surface area contributed by atoms with Gasteiger partial charge in [-0.1, -0.05) is 47.1 Å². The van der Waals surface area contributed by atoms with Crippen LogP contribution in [0.1, 0.15) is 16.7 Å². The maximum absolute atomic E-state index is 12.8. The van der Waals surface area contributed by atoms with Gasteiger partial charge < -0.3 is 4.74 Å². The zero-order valence-electron chi connectivity index (χ0n) is 14.8. The number of benzene rings is 2. The second kappa shape index (κ2) is 7.98. The third kappa shape index (κ3) is 3.94. The van der Waals surface area contributed by atoms with Crippen LogP contribution in [0.5, 0.6) is 5.75 Å². The molecule has 0 radical (unpaired) electrons. The predicted molar refractivity (Wildman–Crippen MR) is 107 cm³/mol. The number of rotatable bonds is 5. The minimum Gasteiger partial charge on any atom is -0.495 e. The highest BCUT2D eigenvalue weighted by Crippen LogP contribution is 2.26. The lowest BCUT2D eigenvalue weighted by Gasteiger charge is -2.10. The molecule has 0 atom stereocenters. The molecule has 0 aliphatic rings. The fraction of sp³-hybridized carbons (Fsp3) is 0.200. The van der Waals surface area contributed by atoms with E-state index in [1.54, 1.807) is 42.3 Å². The number of thioether (sulfide) groups is 1. The highest BCUT2D eigenvalue weighted by atomic mass is 35.5. The van der Waals surface area contributed by atoms with Gasteiger partial charge in [-0.15, -0.1) is 0 Å². The third-order valence-corrected chi connectivity index (χ3v) is 5.40. The number of ether oxygens (including phenoxy) is 1. The quantitative estimate of drug-likeness (QED) is 0.590. The number of aromatic nitrogens is 2. The Balaban J connectivity index is 1.89. The molecule has 26 heavy (non-hydrogen) atoms. The summed E-state index contributed by atoms with van der Waals surface area (Å²) in [5, 5.41) is 0.915. The molecule has 134 valence electrons. The van der Waals surface area contributed by atoms with Crippen molar-refractivity contribution in [3.8, 4) is 11.4 Å². The summed E-state index contributed by atoms with van der Waals surface area (Å²) in [6.07, 6.45) is 3.27. The van der Waals surface area contributed by atoms with Crippen LogP contribution in [0.3, 0.4) is 0 Å². The first-order chi connectivity index (χ1) is 12.5. The molecule has 6 heteroatoms. The topological polar surface area (TPSA) is 44.1 Å². The van der Waals surface area contributed by atoms with E-state index in [4.69, 9.17) is 16.3 Å². The fourth-order valence-electron chi connectivity index (χ4n) is 2.60. The molecular weight excluding hydrogens is 368 g/mol. The molecule has 0 unspecified atom stereocenters. The van der Waals surface area contributed by atoms with Gasteiger partial charge in [-0.05, 0) is 43.2 Å². The molecule has 2 aromatic carbocycles.